The average molecular weight is 240 g/mol. The highest BCUT2D eigenvalue weighted by molar-refractivity contribution is 5.88. The Morgan fingerprint density at radius 2 is 1.94 bits per heavy atom. The molecule has 0 amide bonds. The zero-order chi connectivity index (χ0) is 12.7. The molecule has 0 spiro atoms. The molecule has 0 bridgehead atoms. The van der Waals surface area contributed by atoms with E-state index < -0.39 is 0 Å². The quantitative estimate of drug-likeness (QED) is 0.684. The van der Waals surface area contributed by atoms with Crippen molar-refractivity contribution in [1.29, 1.82) is 0 Å². The number of para-hydroxylation sites is 1. The molecule has 18 heavy (non-hydrogen) atoms. The van der Waals surface area contributed by atoms with Gasteiger partial charge < -0.3 is 9.14 Å². The average Bonchev–Trinajstić information content (AvgIpc) is 2.67. The predicted octanol–water partition coefficient (Wildman–Crippen LogP) is 3.58. The van der Waals surface area contributed by atoms with Crippen LogP contribution in [0, 0.1) is 6.92 Å². The minimum absolute atomic E-state index is 0.126. The second kappa shape index (κ2) is 4.02. The Morgan fingerprint density at radius 1 is 1.17 bits per heavy atom. The van der Waals surface area contributed by atoms with E-state index in [1.165, 1.54) is 10.9 Å². The van der Waals surface area contributed by atoms with Gasteiger partial charge in [-0.05, 0) is 32.9 Å². The van der Waals surface area contributed by atoms with E-state index in [-0.39, 0.29) is 6.10 Å². The van der Waals surface area contributed by atoms with E-state index in [1.807, 2.05) is 39.1 Å². The first kappa shape index (κ1) is 11.1. The number of hydrogen-bond donors (Lipinski definition) is 0. The molecule has 3 heteroatoms. The summed E-state index contributed by atoms with van der Waals surface area (Å²) in [6.45, 7) is 6.02. The van der Waals surface area contributed by atoms with Crippen LogP contribution in [0.1, 0.15) is 19.5 Å². The van der Waals surface area contributed by atoms with Crippen molar-refractivity contribution in [2.75, 3.05) is 0 Å². The van der Waals surface area contributed by atoms with Crippen LogP contribution >= 0.6 is 0 Å². The maximum absolute atomic E-state index is 5.81. The smallest absolute Gasteiger partial charge is 0.238 e. The summed E-state index contributed by atoms with van der Waals surface area (Å²) in [5.41, 5.74) is 3.17. The second-order valence-corrected chi connectivity index (χ2v) is 4.81. The first-order valence-electron chi connectivity index (χ1n) is 6.19. The summed E-state index contributed by atoms with van der Waals surface area (Å²) in [5, 5.41) is 1.21. The Bertz CT molecular complexity index is 713. The van der Waals surface area contributed by atoms with Gasteiger partial charge in [0.2, 0.25) is 5.88 Å². The molecule has 2 heterocycles. The fourth-order valence-electron chi connectivity index (χ4n) is 2.22. The first-order chi connectivity index (χ1) is 8.65. The Balaban J connectivity index is 2.36. The summed E-state index contributed by atoms with van der Waals surface area (Å²) in [5.74, 6) is 0.709. The van der Waals surface area contributed by atoms with E-state index in [4.69, 9.17) is 4.74 Å². The van der Waals surface area contributed by atoms with Crippen LogP contribution in [0.4, 0.5) is 0 Å². The molecule has 0 aliphatic heterocycles. The van der Waals surface area contributed by atoms with Crippen LogP contribution < -0.4 is 4.74 Å². The van der Waals surface area contributed by atoms with E-state index in [2.05, 4.69) is 27.6 Å². The molecule has 0 aliphatic carbocycles. The molecule has 92 valence electrons. The number of ether oxygens (including phenoxy) is 1. The summed E-state index contributed by atoms with van der Waals surface area (Å²) in [7, 11) is 0. The van der Waals surface area contributed by atoms with Crippen LogP contribution in [0.5, 0.6) is 5.88 Å². The number of rotatable bonds is 2. The summed E-state index contributed by atoms with van der Waals surface area (Å²) < 4.78 is 7.95. The summed E-state index contributed by atoms with van der Waals surface area (Å²) in [6.07, 6.45) is 2.17. The van der Waals surface area contributed by atoms with Crippen molar-refractivity contribution in [3.05, 3.63) is 42.2 Å². The fourth-order valence-corrected chi connectivity index (χ4v) is 2.22. The number of benzene rings is 1. The summed E-state index contributed by atoms with van der Waals surface area (Å²) in [4.78, 5) is 4.49. The van der Waals surface area contributed by atoms with E-state index in [0.717, 1.165) is 11.2 Å². The van der Waals surface area contributed by atoms with Gasteiger partial charge in [-0.15, -0.1) is 0 Å². The van der Waals surface area contributed by atoms with E-state index in [0.29, 0.717) is 5.88 Å². The lowest BCUT2D eigenvalue weighted by atomic mass is 10.2. The number of aromatic nitrogens is 2. The lowest BCUT2D eigenvalue weighted by Crippen LogP contribution is -2.08. The number of aryl methyl sites for hydroxylation is 1. The Hall–Kier alpha value is -2.03. The molecule has 0 N–H and O–H groups in total. The molecule has 0 unspecified atom stereocenters. The van der Waals surface area contributed by atoms with Crippen LogP contribution in [0.15, 0.2) is 36.5 Å². The minimum Gasteiger partial charge on any atom is -0.473 e. The van der Waals surface area contributed by atoms with Gasteiger partial charge >= 0.3 is 0 Å². The molecule has 2 aromatic heterocycles. The predicted molar refractivity (Wildman–Crippen MR) is 73.2 cm³/mol. The van der Waals surface area contributed by atoms with E-state index in [1.54, 1.807) is 0 Å². The zero-order valence-electron chi connectivity index (χ0n) is 10.8. The van der Waals surface area contributed by atoms with Crippen LogP contribution in [0.25, 0.3) is 16.4 Å². The van der Waals surface area contributed by atoms with Gasteiger partial charge in [0.05, 0.1) is 17.3 Å². The van der Waals surface area contributed by atoms with Gasteiger partial charge in [0.1, 0.15) is 5.52 Å². The molecular formula is C15H16N2O. The van der Waals surface area contributed by atoms with Gasteiger partial charge in [0.15, 0.2) is 0 Å². The van der Waals surface area contributed by atoms with Gasteiger partial charge in [0, 0.05) is 11.6 Å². The molecule has 0 atom stereocenters. The number of fused-ring (bicyclic) bond motifs is 3. The van der Waals surface area contributed by atoms with Crippen LogP contribution in [-0.2, 0) is 0 Å². The number of hydrogen-bond acceptors (Lipinski definition) is 2. The highest BCUT2D eigenvalue weighted by atomic mass is 16.5. The topological polar surface area (TPSA) is 26.5 Å². The SMILES string of the molecule is Cc1cn2c(cc3ccccc32)c(OC(C)C)n1. The van der Waals surface area contributed by atoms with Crippen molar-refractivity contribution in [3.8, 4) is 5.88 Å². The van der Waals surface area contributed by atoms with E-state index in [9.17, 15) is 0 Å². The van der Waals surface area contributed by atoms with Crippen molar-refractivity contribution >= 4 is 16.4 Å². The molecule has 1 aromatic carbocycles. The first-order valence-corrected chi connectivity index (χ1v) is 6.19. The Kier molecular flexibility index (Phi) is 2.47. The molecule has 0 saturated carbocycles. The van der Waals surface area contributed by atoms with Gasteiger partial charge in [-0.3, -0.25) is 0 Å². The summed E-state index contributed by atoms with van der Waals surface area (Å²) in [6, 6.07) is 10.4. The third-order valence-electron chi connectivity index (χ3n) is 2.91. The monoisotopic (exact) mass is 240 g/mol. The highest BCUT2D eigenvalue weighted by Crippen LogP contribution is 2.26. The van der Waals surface area contributed by atoms with Crippen LogP contribution in [0.3, 0.4) is 0 Å². The number of nitrogens with zero attached hydrogens (tertiary/aromatic N) is 2. The second-order valence-electron chi connectivity index (χ2n) is 4.81. The Morgan fingerprint density at radius 3 is 2.72 bits per heavy atom. The Labute approximate surface area is 106 Å². The van der Waals surface area contributed by atoms with Gasteiger partial charge in [-0.25, -0.2) is 4.98 Å². The standard InChI is InChI=1S/C15H16N2O/c1-10(2)18-15-14-8-12-6-4-5-7-13(12)17(14)9-11(3)16-15/h4-10H,1-3H3. The van der Waals surface area contributed by atoms with Gasteiger partial charge in [-0.2, -0.15) is 0 Å². The van der Waals surface area contributed by atoms with Gasteiger partial charge in [-0.1, -0.05) is 18.2 Å². The highest BCUT2D eigenvalue weighted by Gasteiger charge is 2.10. The molecule has 3 nitrogen and oxygen atoms in total. The molecule has 3 aromatic rings. The van der Waals surface area contributed by atoms with Crippen molar-refractivity contribution in [2.24, 2.45) is 0 Å². The molecular weight excluding hydrogens is 224 g/mol. The maximum atomic E-state index is 5.81. The van der Waals surface area contributed by atoms with Crippen molar-refractivity contribution < 1.29 is 4.74 Å². The zero-order valence-corrected chi connectivity index (χ0v) is 10.8. The van der Waals surface area contributed by atoms with Gasteiger partial charge in [0.25, 0.3) is 0 Å². The summed E-state index contributed by atoms with van der Waals surface area (Å²) >= 11 is 0. The molecule has 0 fully saturated rings. The van der Waals surface area contributed by atoms with Crippen molar-refractivity contribution in [3.63, 3.8) is 0 Å². The van der Waals surface area contributed by atoms with E-state index >= 15 is 0 Å². The molecule has 3 rings (SSSR count). The van der Waals surface area contributed by atoms with Crippen LogP contribution in [-0.4, -0.2) is 15.5 Å². The largest absolute Gasteiger partial charge is 0.473 e. The maximum Gasteiger partial charge on any atom is 0.238 e. The minimum atomic E-state index is 0.126. The molecule has 0 saturated heterocycles. The molecule has 0 aliphatic rings. The fraction of sp³-hybridized carbons (Fsp3) is 0.267. The third kappa shape index (κ3) is 1.72. The third-order valence-corrected chi connectivity index (χ3v) is 2.91. The lowest BCUT2D eigenvalue weighted by molar-refractivity contribution is 0.234. The van der Waals surface area contributed by atoms with Crippen molar-refractivity contribution in [2.45, 2.75) is 26.9 Å². The normalized spacial score (nSPS) is 11.6. The lowest BCUT2D eigenvalue weighted by Gasteiger charge is -2.11. The van der Waals surface area contributed by atoms with Crippen molar-refractivity contribution in [1.82, 2.24) is 9.38 Å². The van der Waals surface area contributed by atoms with Crippen LogP contribution in [0.2, 0.25) is 0 Å². The molecule has 0 radical (unpaired) electrons.